The molecule has 0 bridgehead atoms. The molecule has 2 N–H and O–H groups in total. The van der Waals surface area contributed by atoms with Crippen LogP contribution in [-0.4, -0.2) is 18.1 Å². The van der Waals surface area contributed by atoms with Gasteiger partial charge >= 0.3 is 0 Å². The second-order valence-corrected chi connectivity index (χ2v) is 5.26. The van der Waals surface area contributed by atoms with Gasteiger partial charge in [0, 0.05) is 17.6 Å². The van der Waals surface area contributed by atoms with Crippen LogP contribution >= 0.6 is 0 Å². The van der Waals surface area contributed by atoms with E-state index >= 15 is 0 Å². The van der Waals surface area contributed by atoms with Crippen molar-refractivity contribution in [1.29, 1.82) is 0 Å². The van der Waals surface area contributed by atoms with Gasteiger partial charge in [-0.1, -0.05) is 18.6 Å². The molecule has 1 aliphatic rings. The fourth-order valence-electron chi connectivity index (χ4n) is 3.21. The molecule has 1 aliphatic carbocycles. The minimum atomic E-state index is -0.153. The number of nitrogens with one attached hydrogen (secondary N) is 2. The van der Waals surface area contributed by atoms with Crippen LogP contribution in [0.5, 0.6) is 0 Å². The van der Waals surface area contributed by atoms with Gasteiger partial charge in [-0.25, -0.2) is 4.39 Å². The standard InChI is InChI=1S/C15H19FN2/c1-17-11-5-2-4-10(8-11)13-9-18-15-12(13)6-3-7-14(15)16/h3,6-7,9-11,17-18H,2,4-5,8H2,1H3. The van der Waals surface area contributed by atoms with Gasteiger partial charge in [0.15, 0.2) is 0 Å². The Morgan fingerprint density at radius 2 is 2.22 bits per heavy atom. The summed E-state index contributed by atoms with van der Waals surface area (Å²) in [5.41, 5.74) is 1.93. The van der Waals surface area contributed by atoms with Crippen molar-refractivity contribution in [2.75, 3.05) is 7.05 Å². The lowest BCUT2D eigenvalue weighted by atomic mass is 9.81. The van der Waals surface area contributed by atoms with E-state index in [9.17, 15) is 4.39 Å². The fourth-order valence-corrected chi connectivity index (χ4v) is 3.21. The van der Waals surface area contributed by atoms with Crippen molar-refractivity contribution in [2.45, 2.75) is 37.6 Å². The molecule has 1 aromatic heterocycles. The van der Waals surface area contributed by atoms with E-state index in [4.69, 9.17) is 0 Å². The third kappa shape index (κ3) is 1.93. The molecule has 0 aliphatic heterocycles. The predicted molar refractivity (Wildman–Crippen MR) is 72.3 cm³/mol. The number of aromatic amines is 1. The summed E-state index contributed by atoms with van der Waals surface area (Å²) in [7, 11) is 2.03. The molecule has 1 aromatic carbocycles. The molecule has 2 atom stereocenters. The van der Waals surface area contributed by atoms with Crippen molar-refractivity contribution in [3.05, 3.63) is 35.8 Å². The maximum absolute atomic E-state index is 13.7. The van der Waals surface area contributed by atoms with Gasteiger partial charge in [0.1, 0.15) is 5.82 Å². The Kier molecular flexibility index (Phi) is 3.08. The average Bonchev–Trinajstić information content (AvgIpc) is 2.84. The molecule has 3 rings (SSSR count). The van der Waals surface area contributed by atoms with Crippen molar-refractivity contribution < 1.29 is 4.39 Å². The Morgan fingerprint density at radius 1 is 1.33 bits per heavy atom. The van der Waals surface area contributed by atoms with Crippen LogP contribution in [0.4, 0.5) is 4.39 Å². The molecule has 2 nitrogen and oxygen atoms in total. The van der Waals surface area contributed by atoms with Crippen molar-refractivity contribution in [2.24, 2.45) is 0 Å². The molecule has 1 fully saturated rings. The number of hydrogen-bond acceptors (Lipinski definition) is 1. The zero-order chi connectivity index (χ0) is 12.5. The number of para-hydroxylation sites is 1. The van der Waals surface area contributed by atoms with Crippen molar-refractivity contribution >= 4 is 10.9 Å². The van der Waals surface area contributed by atoms with Crippen LogP contribution in [0.25, 0.3) is 10.9 Å². The molecule has 18 heavy (non-hydrogen) atoms. The molecule has 0 saturated heterocycles. The zero-order valence-electron chi connectivity index (χ0n) is 10.7. The van der Waals surface area contributed by atoms with E-state index in [1.807, 2.05) is 19.3 Å². The molecule has 0 spiro atoms. The van der Waals surface area contributed by atoms with E-state index in [1.54, 1.807) is 6.07 Å². The summed E-state index contributed by atoms with van der Waals surface area (Å²) < 4.78 is 13.7. The Balaban J connectivity index is 1.96. The third-order valence-corrected chi connectivity index (χ3v) is 4.22. The molecular weight excluding hydrogens is 227 g/mol. The van der Waals surface area contributed by atoms with Crippen LogP contribution in [0.3, 0.4) is 0 Å². The highest BCUT2D eigenvalue weighted by molar-refractivity contribution is 5.84. The Bertz CT molecular complexity index is 546. The van der Waals surface area contributed by atoms with E-state index in [0.29, 0.717) is 17.5 Å². The summed E-state index contributed by atoms with van der Waals surface area (Å²) >= 11 is 0. The van der Waals surface area contributed by atoms with Crippen LogP contribution in [0.15, 0.2) is 24.4 Å². The first-order valence-corrected chi connectivity index (χ1v) is 6.72. The first kappa shape index (κ1) is 11.7. The van der Waals surface area contributed by atoms with Gasteiger partial charge in [-0.05, 0) is 43.9 Å². The summed E-state index contributed by atoms with van der Waals surface area (Å²) in [4.78, 5) is 3.09. The average molecular weight is 246 g/mol. The maximum Gasteiger partial charge on any atom is 0.147 e. The van der Waals surface area contributed by atoms with E-state index in [2.05, 4.69) is 10.3 Å². The number of fused-ring (bicyclic) bond motifs is 1. The van der Waals surface area contributed by atoms with Gasteiger partial charge in [-0.2, -0.15) is 0 Å². The van der Waals surface area contributed by atoms with E-state index in [1.165, 1.54) is 30.9 Å². The number of H-pyrrole nitrogens is 1. The summed E-state index contributed by atoms with van der Waals surface area (Å²) in [6.45, 7) is 0. The van der Waals surface area contributed by atoms with Gasteiger partial charge in [-0.3, -0.25) is 0 Å². The van der Waals surface area contributed by atoms with Crippen LogP contribution < -0.4 is 5.32 Å². The van der Waals surface area contributed by atoms with Crippen LogP contribution in [-0.2, 0) is 0 Å². The highest BCUT2D eigenvalue weighted by atomic mass is 19.1. The summed E-state index contributed by atoms with van der Waals surface area (Å²) in [5.74, 6) is 0.395. The monoisotopic (exact) mass is 246 g/mol. The third-order valence-electron chi connectivity index (χ3n) is 4.22. The first-order chi connectivity index (χ1) is 8.79. The molecule has 3 heteroatoms. The largest absolute Gasteiger partial charge is 0.359 e. The maximum atomic E-state index is 13.7. The Morgan fingerprint density at radius 3 is 3.06 bits per heavy atom. The van der Waals surface area contributed by atoms with Crippen LogP contribution in [0.1, 0.15) is 37.2 Å². The molecule has 1 saturated carbocycles. The number of benzene rings is 1. The number of aromatic nitrogens is 1. The van der Waals surface area contributed by atoms with E-state index in [0.717, 1.165) is 11.8 Å². The lowest BCUT2D eigenvalue weighted by Gasteiger charge is -2.28. The van der Waals surface area contributed by atoms with Gasteiger partial charge in [0.05, 0.1) is 5.52 Å². The molecule has 2 unspecified atom stereocenters. The summed E-state index contributed by atoms with van der Waals surface area (Å²) in [5, 5.41) is 4.42. The summed E-state index contributed by atoms with van der Waals surface area (Å²) in [6.07, 6.45) is 6.86. The quantitative estimate of drug-likeness (QED) is 0.833. The van der Waals surface area contributed by atoms with Crippen LogP contribution in [0, 0.1) is 5.82 Å². The highest BCUT2D eigenvalue weighted by Gasteiger charge is 2.24. The molecule has 2 aromatic rings. The van der Waals surface area contributed by atoms with Crippen molar-refractivity contribution in [3.8, 4) is 0 Å². The SMILES string of the molecule is CNC1CCCC(c2c[nH]c3c(F)cccc23)C1. The Labute approximate surface area is 107 Å². The minimum absolute atomic E-state index is 0.153. The second kappa shape index (κ2) is 4.73. The number of rotatable bonds is 2. The predicted octanol–water partition coefficient (Wildman–Crippen LogP) is 3.55. The van der Waals surface area contributed by atoms with Gasteiger partial charge in [0.25, 0.3) is 0 Å². The Hall–Kier alpha value is -1.35. The lowest BCUT2D eigenvalue weighted by Crippen LogP contribution is -2.30. The van der Waals surface area contributed by atoms with Gasteiger partial charge in [0.2, 0.25) is 0 Å². The molecule has 0 amide bonds. The first-order valence-electron chi connectivity index (χ1n) is 6.72. The van der Waals surface area contributed by atoms with Crippen LogP contribution in [0.2, 0.25) is 0 Å². The normalized spacial score (nSPS) is 24.6. The second-order valence-electron chi connectivity index (χ2n) is 5.26. The molecular formula is C15H19FN2. The smallest absolute Gasteiger partial charge is 0.147 e. The topological polar surface area (TPSA) is 27.8 Å². The molecule has 0 radical (unpaired) electrons. The number of hydrogen-bond donors (Lipinski definition) is 2. The number of halogens is 1. The highest BCUT2D eigenvalue weighted by Crippen LogP contribution is 2.36. The lowest BCUT2D eigenvalue weighted by molar-refractivity contribution is 0.356. The van der Waals surface area contributed by atoms with Gasteiger partial charge in [-0.15, -0.1) is 0 Å². The van der Waals surface area contributed by atoms with Crippen molar-refractivity contribution in [1.82, 2.24) is 10.3 Å². The van der Waals surface area contributed by atoms with Crippen molar-refractivity contribution in [3.63, 3.8) is 0 Å². The summed E-state index contributed by atoms with van der Waals surface area (Å²) in [6, 6.07) is 5.93. The van der Waals surface area contributed by atoms with Gasteiger partial charge < -0.3 is 10.3 Å². The van der Waals surface area contributed by atoms with E-state index < -0.39 is 0 Å². The van der Waals surface area contributed by atoms with E-state index in [-0.39, 0.29) is 5.82 Å². The zero-order valence-corrected chi connectivity index (χ0v) is 10.7. The fraction of sp³-hybridized carbons (Fsp3) is 0.467. The molecule has 1 heterocycles. The molecule has 96 valence electrons. The minimum Gasteiger partial charge on any atom is -0.359 e.